The van der Waals surface area contributed by atoms with Gasteiger partial charge in [-0.15, -0.1) is 0 Å². The van der Waals surface area contributed by atoms with Crippen LogP contribution >= 0.6 is 0 Å². The van der Waals surface area contributed by atoms with E-state index in [4.69, 9.17) is 4.74 Å². The van der Waals surface area contributed by atoms with Crippen LogP contribution in [0.3, 0.4) is 0 Å². The smallest absolute Gasteiger partial charge is 0.266 e. The molecule has 136 valence electrons. The number of nitrogens with zero attached hydrogens (tertiary/aromatic N) is 1. The van der Waals surface area contributed by atoms with Crippen LogP contribution in [0.4, 0.5) is 5.69 Å². The lowest BCUT2D eigenvalue weighted by Gasteiger charge is -2.33. The Hall–Kier alpha value is -2.08. The Bertz CT molecular complexity index is 620. The molecule has 2 aliphatic rings. The van der Waals surface area contributed by atoms with Gasteiger partial charge in [-0.25, -0.2) is 0 Å². The minimum absolute atomic E-state index is 0.0419. The summed E-state index contributed by atoms with van der Waals surface area (Å²) in [6.45, 7) is 5.07. The summed E-state index contributed by atoms with van der Waals surface area (Å²) in [6, 6.07) is 7.89. The Morgan fingerprint density at radius 1 is 1.36 bits per heavy atom. The molecule has 0 aliphatic carbocycles. The molecule has 0 radical (unpaired) electrons. The molecular weight excluding hydrogens is 318 g/mol. The summed E-state index contributed by atoms with van der Waals surface area (Å²) in [5.41, 5.74) is 0.653. The molecular formula is C19H27N3O3. The van der Waals surface area contributed by atoms with Crippen LogP contribution in [-0.4, -0.2) is 48.5 Å². The topological polar surface area (TPSA) is 70.7 Å². The van der Waals surface area contributed by atoms with Crippen molar-refractivity contribution in [2.45, 2.75) is 51.2 Å². The van der Waals surface area contributed by atoms with Crippen LogP contribution in [-0.2, 0) is 9.59 Å². The number of likely N-dealkylation sites (tertiary alicyclic amines) is 1. The molecule has 6 heteroatoms. The predicted molar refractivity (Wildman–Crippen MR) is 96.6 cm³/mol. The molecule has 2 N–H and O–H groups in total. The van der Waals surface area contributed by atoms with E-state index < -0.39 is 6.10 Å². The number of para-hydroxylation sites is 2. The Morgan fingerprint density at radius 2 is 2.20 bits per heavy atom. The van der Waals surface area contributed by atoms with Crippen molar-refractivity contribution >= 4 is 17.5 Å². The molecule has 1 fully saturated rings. The van der Waals surface area contributed by atoms with E-state index in [2.05, 4.69) is 22.5 Å². The molecule has 0 unspecified atom stereocenters. The minimum atomic E-state index is -0.767. The Balaban J connectivity index is 1.38. The second-order valence-corrected chi connectivity index (χ2v) is 6.88. The van der Waals surface area contributed by atoms with E-state index in [1.165, 1.54) is 19.3 Å². The first-order chi connectivity index (χ1) is 12.1. The Kier molecular flexibility index (Phi) is 5.91. The van der Waals surface area contributed by atoms with E-state index in [1.54, 1.807) is 12.1 Å². The van der Waals surface area contributed by atoms with Crippen molar-refractivity contribution < 1.29 is 14.3 Å². The number of piperidine rings is 1. The van der Waals surface area contributed by atoms with Gasteiger partial charge in [-0.3, -0.25) is 9.59 Å². The molecule has 2 aliphatic heterocycles. The monoisotopic (exact) mass is 345 g/mol. The largest absolute Gasteiger partial charge is 0.478 e. The van der Waals surface area contributed by atoms with Crippen molar-refractivity contribution in [3.8, 4) is 5.75 Å². The molecule has 25 heavy (non-hydrogen) atoms. The molecule has 2 heterocycles. The summed E-state index contributed by atoms with van der Waals surface area (Å²) < 4.78 is 5.65. The van der Waals surface area contributed by atoms with E-state index in [9.17, 15) is 9.59 Å². The highest BCUT2D eigenvalue weighted by Crippen LogP contribution is 2.29. The normalized spacial score (nSPS) is 23.3. The fourth-order valence-corrected chi connectivity index (χ4v) is 3.47. The van der Waals surface area contributed by atoms with Crippen LogP contribution in [0.25, 0.3) is 0 Å². The van der Waals surface area contributed by atoms with Crippen molar-refractivity contribution in [1.82, 2.24) is 10.2 Å². The number of fused-ring (bicyclic) bond motifs is 1. The van der Waals surface area contributed by atoms with Crippen LogP contribution < -0.4 is 15.4 Å². The number of hydrogen-bond donors (Lipinski definition) is 2. The fraction of sp³-hybridized carbons (Fsp3) is 0.579. The second kappa shape index (κ2) is 8.34. The van der Waals surface area contributed by atoms with Gasteiger partial charge in [0.25, 0.3) is 5.91 Å². The Labute approximate surface area is 148 Å². The van der Waals surface area contributed by atoms with E-state index in [0.29, 0.717) is 24.0 Å². The van der Waals surface area contributed by atoms with Crippen LogP contribution in [0.1, 0.15) is 39.0 Å². The molecule has 6 nitrogen and oxygen atoms in total. The summed E-state index contributed by atoms with van der Waals surface area (Å²) in [6.07, 6.45) is 4.06. The number of rotatable bonds is 6. The average molecular weight is 345 g/mol. The first-order valence-electron chi connectivity index (χ1n) is 9.21. The third-order valence-electron chi connectivity index (χ3n) is 4.96. The highest BCUT2D eigenvalue weighted by atomic mass is 16.5. The zero-order chi connectivity index (χ0) is 17.6. The third-order valence-corrected chi connectivity index (χ3v) is 4.96. The van der Waals surface area contributed by atoms with Gasteiger partial charge in [0.05, 0.1) is 12.1 Å². The van der Waals surface area contributed by atoms with Crippen molar-refractivity contribution in [1.29, 1.82) is 0 Å². The van der Waals surface area contributed by atoms with Gasteiger partial charge in [0.2, 0.25) is 5.91 Å². The minimum Gasteiger partial charge on any atom is -0.478 e. The fourth-order valence-electron chi connectivity index (χ4n) is 3.47. The number of ether oxygens (including phenoxy) is 1. The zero-order valence-corrected chi connectivity index (χ0v) is 14.8. The quantitative estimate of drug-likeness (QED) is 0.775. The van der Waals surface area contributed by atoms with Gasteiger partial charge in [-0.05, 0) is 44.9 Å². The van der Waals surface area contributed by atoms with E-state index in [0.717, 1.165) is 19.5 Å². The van der Waals surface area contributed by atoms with Gasteiger partial charge in [-0.1, -0.05) is 18.6 Å². The van der Waals surface area contributed by atoms with Crippen LogP contribution in [0.15, 0.2) is 24.3 Å². The zero-order valence-electron chi connectivity index (χ0n) is 14.8. The lowest BCUT2D eigenvalue weighted by molar-refractivity contribution is -0.130. The summed E-state index contributed by atoms with van der Waals surface area (Å²) in [5, 5.41) is 5.68. The van der Waals surface area contributed by atoms with Crippen LogP contribution in [0.2, 0.25) is 0 Å². The standard InChI is InChI=1S/C19H27N3O3/c1-14-7-4-5-11-22(14)12-6-10-20-18(23)13-17-19(24)21-15-8-2-3-9-16(15)25-17/h2-3,8-9,14,17H,4-7,10-13H2,1H3,(H,20,23)(H,21,24)/t14-,17-/m1/s1. The van der Waals surface area contributed by atoms with Gasteiger partial charge < -0.3 is 20.3 Å². The molecule has 0 spiro atoms. The van der Waals surface area contributed by atoms with Gasteiger partial charge in [-0.2, -0.15) is 0 Å². The highest BCUT2D eigenvalue weighted by molar-refractivity contribution is 5.99. The molecule has 1 aromatic rings. The average Bonchev–Trinajstić information content (AvgIpc) is 2.61. The summed E-state index contributed by atoms with van der Waals surface area (Å²) in [4.78, 5) is 26.6. The van der Waals surface area contributed by atoms with E-state index in [-0.39, 0.29) is 18.2 Å². The van der Waals surface area contributed by atoms with Crippen molar-refractivity contribution in [3.63, 3.8) is 0 Å². The van der Waals surface area contributed by atoms with E-state index >= 15 is 0 Å². The van der Waals surface area contributed by atoms with Crippen LogP contribution in [0.5, 0.6) is 5.75 Å². The molecule has 3 rings (SSSR count). The maximum atomic E-state index is 12.1. The lowest BCUT2D eigenvalue weighted by atomic mass is 10.0. The molecule has 2 atom stereocenters. The number of nitrogens with one attached hydrogen (secondary N) is 2. The first kappa shape index (κ1) is 17.7. The lowest BCUT2D eigenvalue weighted by Crippen LogP contribution is -2.42. The van der Waals surface area contributed by atoms with Gasteiger partial charge in [0.1, 0.15) is 5.75 Å². The number of amides is 2. The van der Waals surface area contributed by atoms with Gasteiger partial charge in [0, 0.05) is 19.1 Å². The number of benzene rings is 1. The molecule has 1 saturated heterocycles. The Morgan fingerprint density at radius 3 is 3.04 bits per heavy atom. The molecule has 0 aromatic heterocycles. The summed E-state index contributed by atoms with van der Waals surface area (Å²) >= 11 is 0. The van der Waals surface area contributed by atoms with Crippen LogP contribution in [0, 0.1) is 0 Å². The molecule has 2 amide bonds. The summed E-state index contributed by atoms with van der Waals surface area (Å²) in [7, 11) is 0. The summed E-state index contributed by atoms with van der Waals surface area (Å²) in [5.74, 6) is 0.196. The third kappa shape index (κ3) is 4.72. The van der Waals surface area contributed by atoms with Crippen molar-refractivity contribution in [2.75, 3.05) is 25.0 Å². The number of hydrogen-bond acceptors (Lipinski definition) is 4. The van der Waals surface area contributed by atoms with Gasteiger partial charge in [0.15, 0.2) is 6.10 Å². The van der Waals surface area contributed by atoms with Crippen molar-refractivity contribution in [2.24, 2.45) is 0 Å². The number of carbonyl (C=O) groups is 2. The molecule has 0 saturated carbocycles. The first-order valence-corrected chi connectivity index (χ1v) is 9.21. The molecule has 1 aromatic carbocycles. The number of carbonyl (C=O) groups excluding carboxylic acids is 2. The number of anilines is 1. The van der Waals surface area contributed by atoms with E-state index in [1.807, 2.05) is 12.1 Å². The highest BCUT2D eigenvalue weighted by Gasteiger charge is 2.29. The van der Waals surface area contributed by atoms with Crippen molar-refractivity contribution in [3.05, 3.63) is 24.3 Å². The second-order valence-electron chi connectivity index (χ2n) is 6.88. The SMILES string of the molecule is C[C@@H]1CCCCN1CCCNC(=O)C[C@H]1Oc2ccccc2NC1=O. The maximum Gasteiger partial charge on any atom is 0.266 e. The predicted octanol–water partition coefficient (Wildman–Crippen LogP) is 2.16. The maximum absolute atomic E-state index is 12.1. The van der Waals surface area contributed by atoms with Gasteiger partial charge >= 0.3 is 0 Å². The molecule has 0 bridgehead atoms.